The molecule has 21 heavy (non-hydrogen) atoms. The number of aldehydes is 1. The molecule has 0 aliphatic heterocycles. The molecule has 2 aromatic rings. The summed E-state index contributed by atoms with van der Waals surface area (Å²) in [4.78, 5) is 11.0. The van der Waals surface area contributed by atoms with Gasteiger partial charge in [-0.15, -0.1) is 13.2 Å². The Morgan fingerprint density at radius 3 is 2.43 bits per heavy atom. The lowest BCUT2D eigenvalue weighted by Crippen LogP contribution is -2.17. The average Bonchev–Trinajstić information content (AvgIpc) is 2.45. The molecule has 0 unspecified atom stereocenters. The highest BCUT2D eigenvalue weighted by Crippen LogP contribution is 2.32. The van der Waals surface area contributed by atoms with Crippen molar-refractivity contribution in [3.8, 4) is 22.9 Å². The second-order valence-corrected chi connectivity index (χ2v) is 4.07. The van der Waals surface area contributed by atoms with E-state index in [2.05, 4.69) is 4.74 Å². The Balaban J connectivity index is 2.58. The van der Waals surface area contributed by atoms with E-state index in [1.54, 1.807) is 18.2 Å². The molecule has 0 spiro atoms. The molecular formula is C15H8F3NO2. The van der Waals surface area contributed by atoms with Crippen LogP contribution in [0.3, 0.4) is 0 Å². The first kappa shape index (κ1) is 14.6. The van der Waals surface area contributed by atoms with Crippen LogP contribution in [0.15, 0.2) is 42.5 Å². The molecule has 0 radical (unpaired) electrons. The zero-order valence-corrected chi connectivity index (χ0v) is 10.5. The van der Waals surface area contributed by atoms with E-state index in [0.717, 1.165) is 12.1 Å². The minimum Gasteiger partial charge on any atom is -0.406 e. The quantitative estimate of drug-likeness (QED) is 0.805. The lowest BCUT2D eigenvalue weighted by Gasteiger charge is -2.12. The fourth-order valence-electron chi connectivity index (χ4n) is 1.89. The first-order valence-corrected chi connectivity index (χ1v) is 5.79. The van der Waals surface area contributed by atoms with Gasteiger partial charge in [-0.05, 0) is 23.8 Å². The number of hydrogen-bond donors (Lipinski definition) is 0. The van der Waals surface area contributed by atoms with Gasteiger partial charge in [-0.1, -0.05) is 24.3 Å². The maximum absolute atomic E-state index is 12.3. The summed E-state index contributed by atoms with van der Waals surface area (Å²) in [5, 5.41) is 9.07. The van der Waals surface area contributed by atoms with Gasteiger partial charge in [-0.25, -0.2) is 0 Å². The Morgan fingerprint density at radius 1 is 1.10 bits per heavy atom. The van der Waals surface area contributed by atoms with Crippen molar-refractivity contribution in [3.05, 3.63) is 53.6 Å². The molecule has 0 aromatic heterocycles. The highest BCUT2D eigenvalue weighted by Gasteiger charge is 2.31. The smallest absolute Gasteiger partial charge is 0.406 e. The molecule has 0 N–H and O–H groups in total. The summed E-state index contributed by atoms with van der Waals surface area (Å²) in [6.45, 7) is 0. The van der Waals surface area contributed by atoms with Gasteiger partial charge >= 0.3 is 6.36 Å². The topological polar surface area (TPSA) is 50.1 Å². The zero-order valence-electron chi connectivity index (χ0n) is 10.5. The van der Waals surface area contributed by atoms with E-state index in [4.69, 9.17) is 5.26 Å². The minimum absolute atomic E-state index is 0.152. The van der Waals surface area contributed by atoms with Crippen LogP contribution in [-0.4, -0.2) is 12.6 Å². The van der Waals surface area contributed by atoms with E-state index in [0.29, 0.717) is 11.8 Å². The van der Waals surface area contributed by atoms with E-state index in [1.165, 1.54) is 12.1 Å². The zero-order chi connectivity index (χ0) is 15.5. The molecule has 0 saturated carbocycles. The summed E-state index contributed by atoms with van der Waals surface area (Å²) in [5.41, 5.74) is 1.01. The number of ether oxygens (including phenoxy) is 1. The number of benzene rings is 2. The highest BCUT2D eigenvalue weighted by atomic mass is 19.4. The minimum atomic E-state index is -4.82. The molecule has 2 rings (SSSR count). The van der Waals surface area contributed by atoms with Crippen LogP contribution >= 0.6 is 0 Å². The van der Waals surface area contributed by atoms with Gasteiger partial charge in [0.2, 0.25) is 0 Å². The molecule has 0 heterocycles. The van der Waals surface area contributed by atoms with E-state index < -0.39 is 12.1 Å². The van der Waals surface area contributed by atoms with E-state index in [1.807, 2.05) is 6.07 Å². The van der Waals surface area contributed by atoms with E-state index in [9.17, 15) is 18.0 Å². The molecule has 0 fully saturated rings. The molecular weight excluding hydrogens is 283 g/mol. The van der Waals surface area contributed by atoms with Crippen molar-refractivity contribution < 1.29 is 22.7 Å². The van der Waals surface area contributed by atoms with Crippen molar-refractivity contribution in [2.45, 2.75) is 6.36 Å². The second kappa shape index (κ2) is 5.67. The van der Waals surface area contributed by atoms with Crippen LogP contribution in [0.4, 0.5) is 13.2 Å². The maximum Gasteiger partial charge on any atom is 0.573 e. The molecule has 0 aliphatic carbocycles. The third kappa shape index (κ3) is 3.39. The Kier molecular flexibility index (Phi) is 3.94. The van der Waals surface area contributed by atoms with Crippen LogP contribution in [0.25, 0.3) is 11.1 Å². The van der Waals surface area contributed by atoms with Crippen molar-refractivity contribution in [1.29, 1.82) is 5.26 Å². The van der Waals surface area contributed by atoms with Crippen LogP contribution in [-0.2, 0) is 0 Å². The van der Waals surface area contributed by atoms with Crippen molar-refractivity contribution in [1.82, 2.24) is 0 Å². The Bertz CT molecular complexity index is 718. The normalized spacial score (nSPS) is 10.8. The first-order chi connectivity index (χ1) is 9.94. The monoisotopic (exact) mass is 291 g/mol. The number of halogens is 3. The lowest BCUT2D eigenvalue weighted by atomic mass is 9.96. The van der Waals surface area contributed by atoms with Crippen LogP contribution < -0.4 is 4.74 Å². The van der Waals surface area contributed by atoms with Crippen LogP contribution in [0, 0.1) is 11.3 Å². The van der Waals surface area contributed by atoms with Crippen molar-refractivity contribution in [2.24, 2.45) is 0 Å². The SMILES string of the molecule is N#Cc1ccc(OC(F)(F)F)cc1-c1ccccc1C=O. The highest BCUT2D eigenvalue weighted by molar-refractivity contribution is 5.89. The Hall–Kier alpha value is -2.81. The first-order valence-electron chi connectivity index (χ1n) is 5.79. The fourth-order valence-corrected chi connectivity index (χ4v) is 1.89. The average molecular weight is 291 g/mol. The molecule has 3 nitrogen and oxygen atoms in total. The summed E-state index contributed by atoms with van der Waals surface area (Å²) in [6.07, 6.45) is -4.25. The van der Waals surface area contributed by atoms with Gasteiger partial charge in [-0.3, -0.25) is 4.79 Å². The van der Waals surface area contributed by atoms with Crippen LogP contribution in [0.2, 0.25) is 0 Å². The summed E-state index contributed by atoms with van der Waals surface area (Å²) >= 11 is 0. The van der Waals surface area contributed by atoms with Crippen molar-refractivity contribution in [2.75, 3.05) is 0 Å². The number of alkyl halides is 3. The predicted octanol–water partition coefficient (Wildman–Crippen LogP) is 3.94. The number of carbonyl (C=O) groups is 1. The molecule has 0 atom stereocenters. The van der Waals surface area contributed by atoms with Crippen LogP contribution in [0.1, 0.15) is 15.9 Å². The van der Waals surface area contributed by atoms with Gasteiger partial charge in [0.1, 0.15) is 5.75 Å². The standard InChI is InChI=1S/C15H8F3NO2/c16-15(17,18)21-12-6-5-10(8-19)14(7-12)13-4-2-1-3-11(13)9-20/h1-7,9H. The van der Waals surface area contributed by atoms with Gasteiger partial charge in [0.05, 0.1) is 11.6 Å². The van der Waals surface area contributed by atoms with Crippen molar-refractivity contribution in [3.63, 3.8) is 0 Å². The van der Waals surface area contributed by atoms with Gasteiger partial charge in [-0.2, -0.15) is 5.26 Å². The van der Waals surface area contributed by atoms with Crippen LogP contribution in [0.5, 0.6) is 5.75 Å². The summed E-state index contributed by atoms with van der Waals surface area (Å²) in [5.74, 6) is -0.447. The maximum atomic E-state index is 12.3. The van der Waals surface area contributed by atoms with E-state index in [-0.39, 0.29) is 16.7 Å². The summed E-state index contributed by atoms with van der Waals surface area (Å²) in [6, 6.07) is 11.6. The van der Waals surface area contributed by atoms with Gasteiger partial charge in [0.25, 0.3) is 0 Å². The molecule has 0 aliphatic rings. The number of rotatable bonds is 3. The number of hydrogen-bond acceptors (Lipinski definition) is 3. The molecule has 6 heteroatoms. The Labute approximate surface area is 118 Å². The fraction of sp³-hybridized carbons (Fsp3) is 0.0667. The molecule has 0 saturated heterocycles. The second-order valence-electron chi connectivity index (χ2n) is 4.07. The summed E-state index contributed by atoms with van der Waals surface area (Å²) < 4.78 is 40.6. The third-order valence-electron chi connectivity index (χ3n) is 2.72. The van der Waals surface area contributed by atoms with Gasteiger partial charge < -0.3 is 4.74 Å². The molecule has 0 amide bonds. The van der Waals surface area contributed by atoms with Crippen molar-refractivity contribution >= 4 is 6.29 Å². The number of nitriles is 1. The molecule has 0 bridgehead atoms. The predicted molar refractivity (Wildman–Crippen MR) is 68.7 cm³/mol. The largest absolute Gasteiger partial charge is 0.573 e. The van der Waals surface area contributed by atoms with E-state index >= 15 is 0 Å². The number of nitrogens with zero attached hydrogens (tertiary/aromatic N) is 1. The number of carbonyl (C=O) groups excluding carboxylic acids is 1. The summed E-state index contributed by atoms with van der Waals surface area (Å²) in [7, 11) is 0. The Morgan fingerprint density at radius 2 is 1.81 bits per heavy atom. The van der Waals surface area contributed by atoms with Gasteiger partial charge in [0.15, 0.2) is 6.29 Å². The molecule has 106 valence electrons. The third-order valence-corrected chi connectivity index (χ3v) is 2.72. The van der Waals surface area contributed by atoms with Gasteiger partial charge in [0, 0.05) is 11.1 Å². The lowest BCUT2D eigenvalue weighted by molar-refractivity contribution is -0.274. The molecule has 2 aromatic carbocycles.